The van der Waals surface area contributed by atoms with Gasteiger partial charge >= 0.3 is 5.97 Å². The van der Waals surface area contributed by atoms with Gasteiger partial charge in [-0.05, 0) is 61.5 Å². The molecular formula is C24H23N3O4S. The molecule has 4 heterocycles. The molecule has 3 aromatic rings. The van der Waals surface area contributed by atoms with E-state index < -0.39 is 5.97 Å². The Bertz CT molecular complexity index is 1130. The Morgan fingerprint density at radius 2 is 2.12 bits per heavy atom. The lowest BCUT2D eigenvalue weighted by atomic mass is 10.0. The number of carbonyl (C=O) groups is 1. The highest BCUT2D eigenvalue weighted by Gasteiger charge is 2.42. The van der Waals surface area contributed by atoms with E-state index in [1.165, 1.54) is 0 Å². The second-order valence-electron chi connectivity index (χ2n) is 8.00. The molecule has 164 valence electrons. The van der Waals surface area contributed by atoms with Crippen LogP contribution in [0, 0.1) is 0 Å². The smallest absolute Gasteiger partial charge is 0.335 e. The summed E-state index contributed by atoms with van der Waals surface area (Å²) in [6.07, 6.45) is 3.95. The summed E-state index contributed by atoms with van der Waals surface area (Å²) < 4.78 is 12.1. The second kappa shape index (κ2) is 8.72. The van der Waals surface area contributed by atoms with Gasteiger partial charge in [0.05, 0.1) is 23.4 Å². The van der Waals surface area contributed by atoms with Crippen LogP contribution in [0.1, 0.15) is 46.7 Å². The van der Waals surface area contributed by atoms with E-state index in [0.29, 0.717) is 23.0 Å². The standard InChI is InChI=1S/C24H23N3O4S/c28-23(29)16-6-3-5-15(13-16)19-9-10-20(31-19)22-21(18-8-1-2-11-25-18)26-24(32)27(22)14-17-7-4-12-30-17/h1-3,5-6,8-11,13,17,21-22H,4,7,12,14H2,(H,26,32)(H,28,29). The number of furan rings is 1. The molecule has 0 radical (unpaired) electrons. The van der Waals surface area contributed by atoms with E-state index in [1.807, 2.05) is 36.4 Å². The number of carboxylic acid groups (broad SMARTS) is 1. The van der Waals surface area contributed by atoms with E-state index in [4.69, 9.17) is 21.4 Å². The predicted molar refractivity (Wildman–Crippen MR) is 122 cm³/mol. The molecule has 3 unspecified atom stereocenters. The van der Waals surface area contributed by atoms with Gasteiger partial charge in [0.1, 0.15) is 17.6 Å². The van der Waals surface area contributed by atoms with Crippen molar-refractivity contribution in [2.75, 3.05) is 13.2 Å². The Labute approximate surface area is 191 Å². The summed E-state index contributed by atoms with van der Waals surface area (Å²) in [7, 11) is 0. The minimum absolute atomic E-state index is 0.126. The van der Waals surface area contributed by atoms with E-state index in [1.54, 1.807) is 24.4 Å². The Hall–Kier alpha value is -3.23. The molecule has 0 bridgehead atoms. The third-order valence-electron chi connectivity index (χ3n) is 5.93. The van der Waals surface area contributed by atoms with Gasteiger partial charge in [-0.3, -0.25) is 4.98 Å². The van der Waals surface area contributed by atoms with Crippen LogP contribution in [-0.2, 0) is 4.74 Å². The molecule has 7 nitrogen and oxygen atoms in total. The summed E-state index contributed by atoms with van der Waals surface area (Å²) in [6, 6.07) is 16.0. The van der Waals surface area contributed by atoms with Gasteiger partial charge in [0.2, 0.25) is 0 Å². The number of hydrogen-bond acceptors (Lipinski definition) is 5. The van der Waals surface area contributed by atoms with Crippen LogP contribution in [0.5, 0.6) is 0 Å². The zero-order valence-corrected chi connectivity index (χ0v) is 18.1. The van der Waals surface area contributed by atoms with E-state index >= 15 is 0 Å². The van der Waals surface area contributed by atoms with Crippen LogP contribution in [0.2, 0.25) is 0 Å². The van der Waals surface area contributed by atoms with Crippen molar-refractivity contribution in [2.45, 2.75) is 31.0 Å². The number of aromatic nitrogens is 1. The number of nitrogens with zero attached hydrogens (tertiary/aromatic N) is 2. The molecule has 2 aromatic heterocycles. The van der Waals surface area contributed by atoms with Gasteiger partial charge in [-0.1, -0.05) is 18.2 Å². The fraction of sp³-hybridized carbons (Fsp3) is 0.292. The molecule has 2 aliphatic heterocycles. The monoisotopic (exact) mass is 449 g/mol. The molecule has 2 fully saturated rings. The van der Waals surface area contributed by atoms with Crippen LogP contribution in [0.25, 0.3) is 11.3 Å². The lowest BCUT2D eigenvalue weighted by molar-refractivity contribution is 0.0697. The van der Waals surface area contributed by atoms with Crippen molar-refractivity contribution >= 4 is 23.3 Å². The lowest BCUT2D eigenvalue weighted by Crippen LogP contribution is -2.36. The van der Waals surface area contributed by atoms with Crippen LogP contribution in [-0.4, -0.2) is 45.3 Å². The highest BCUT2D eigenvalue weighted by atomic mass is 32.1. The minimum atomic E-state index is -0.970. The quantitative estimate of drug-likeness (QED) is 0.542. The van der Waals surface area contributed by atoms with Gasteiger partial charge in [0.15, 0.2) is 5.11 Å². The molecule has 2 saturated heterocycles. The topological polar surface area (TPSA) is 87.8 Å². The van der Waals surface area contributed by atoms with Crippen molar-refractivity contribution in [1.82, 2.24) is 15.2 Å². The van der Waals surface area contributed by atoms with Crippen molar-refractivity contribution in [2.24, 2.45) is 0 Å². The minimum Gasteiger partial charge on any atom is -0.478 e. The maximum absolute atomic E-state index is 11.4. The lowest BCUT2D eigenvalue weighted by Gasteiger charge is -2.28. The summed E-state index contributed by atoms with van der Waals surface area (Å²) in [6.45, 7) is 1.45. The first-order chi connectivity index (χ1) is 15.6. The van der Waals surface area contributed by atoms with Crippen LogP contribution in [0.4, 0.5) is 0 Å². The summed E-state index contributed by atoms with van der Waals surface area (Å²) in [5, 5.41) is 13.4. The van der Waals surface area contributed by atoms with Crippen LogP contribution in [0.15, 0.2) is 65.2 Å². The molecular weight excluding hydrogens is 426 g/mol. The maximum atomic E-state index is 11.4. The number of aromatic carboxylic acids is 1. The van der Waals surface area contributed by atoms with Crippen LogP contribution < -0.4 is 5.32 Å². The normalized spacial score (nSPS) is 22.8. The summed E-state index contributed by atoms with van der Waals surface area (Å²) in [4.78, 5) is 18.0. The molecule has 3 atom stereocenters. The molecule has 0 aliphatic carbocycles. The number of ether oxygens (including phenoxy) is 1. The summed E-state index contributed by atoms with van der Waals surface area (Å²) in [5.74, 6) is 0.376. The van der Waals surface area contributed by atoms with E-state index in [0.717, 1.165) is 30.9 Å². The molecule has 2 N–H and O–H groups in total. The van der Waals surface area contributed by atoms with Gasteiger partial charge in [-0.25, -0.2) is 4.79 Å². The summed E-state index contributed by atoms with van der Waals surface area (Å²) in [5.41, 5.74) is 1.81. The van der Waals surface area contributed by atoms with Gasteiger partial charge < -0.3 is 24.5 Å². The number of pyridine rings is 1. The van der Waals surface area contributed by atoms with Crippen LogP contribution >= 0.6 is 12.2 Å². The molecule has 0 spiro atoms. The highest BCUT2D eigenvalue weighted by molar-refractivity contribution is 7.80. The molecule has 32 heavy (non-hydrogen) atoms. The number of hydrogen-bond donors (Lipinski definition) is 2. The van der Waals surface area contributed by atoms with Gasteiger partial charge in [-0.2, -0.15) is 0 Å². The third-order valence-corrected chi connectivity index (χ3v) is 6.29. The van der Waals surface area contributed by atoms with Gasteiger partial charge in [0, 0.05) is 24.9 Å². The fourth-order valence-corrected chi connectivity index (χ4v) is 4.71. The zero-order valence-electron chi connectivity index (χ0n) is 17.3. The van der Waals surface area contributed by atoms with Crippen LogP contribution in [0.3, 0.4) is 0 Å². The average Bonchev–Trinajstić information content (AvgIpc) is 3.56. The van der Waals surface area contributed by atoms with Crippen molar-refractivity contribution in [3.8, 4) is 11.3 Å². The fourth-order valence-electron chi connectivity index (χ4n) is 4.39. The van der Waals surface area contributed by atoms with Crippen molar-refractivity contribution in [1.29, 1.82) is 0 Å². The van der Waals surface area contributed by atoms with Crippen molar-refractivity contribution in [3.63, 3.8) is 0 Å². The number of rotatable bonds is 6. The van der Waals surface area contributed by atoms with E-state index in [9.17, 15) is 9.90 Å². The SMILES string of the molecule is O=C(O)c1cccc(-c2ccc(C3C(c4ccccn4)NC(=S)N3CC3CCCO3)o2)c1. The van der Waals surface area contributed by atoms with Gasteiger partial charge in [-0.15, -0.1) is 0 Å². The summed E-state index contributed by atoms with van der Waals surface area (Å²) >= 11 is 5.70. The molecule has 0 saturated carbocycles. The number of nitrogens with one attached hydrogen (secondary N) is 1. The first kappa shape index (κ1) is 20.7. The Morgan fingerprint density at radius 1 is 1.22 bits per heavy atom. The predicted octanol–water partition coefficient (Wildman–Crippen LogP) is 4.19. The number of thiocarbonyl (C=S) groups is 1. The molecule has 2 aliphatic rings. The Balaban J connectivity index is 1.50. The number of benzene rings is 1. The van der Waals surface area contributed by atoms with Gasteiger partial charge in [0.25, 0.3) is 0 Å². The Kier molecular flexibility index (Phi) is 5.63. The van der Waals surface area contributed by atoms with Crippen molar-refractivity contribution in [3.05, 3.63) is 77.8 Å². The largest absolute Gasteiger partial charge is 0.478 e. The first-order valence-corrected chi connectivity index (χ1v) is 11.0. The van der Waals surface area contributed by atoms with E-state index in [2.05, 4.69) is 15.2 Å². The molecule has 8 heteroatoms. The highest BCUT2D eigenvalue weighted by Crippen LogP contribution is 2.41. The number of carboxylic acids is 1. The van der Waals surface area contributed by atoms with E-state index in [-0.39, 0.29) is 23.8 Å². The van der Waals surface area contributed by atoms with Crippen molar-refractivity contribution < 1.29 is 19.1 Å². The maximum Gasteiger partial charge on any atom is 0.335 e. The first-order valence-electron chi connectivity index (χ1n) is 10.6. The molecule has 1 aromatic carbocycles. The Morgan fingerprint density at radius 3 is 2.88 bits per heavy atom. The molecule has 0 amide bonds. The zero-order chi connectivity index (χ0) is 22.1. The molecule has 5 rings (SSSR count). The average molecular weight is 450 g/mol. The third kappa shape index (κ3) is 3.99. The second-order valence-corrected chi connectivity index (χ2v) is 8.39.